The van der Waals surface area contributed by atoms with E-state index in [2.05, 4.69) is 126 Å². The number of allylic oxidation sites excluding steroid dienone is 4. The zero-order valence-corrected chi connectivity index (χ0v) is 21.1. The van der Waals surface area contributed by atoms with E-state index >= 15 is 0 Å². The normalized spacial score (nSPS) is 14.3. The van der Waals surface area contributed by atoms with Crippen LogP contribution in [0.2, 0.25) is 0 Å². The molecule has 2 nitrogen and oxygen atoms in total. The standard InChI is InChI=1S/C31H27N2PS/c1-5-15-25(16-6-1)31(32-29-23-13-14-24-30(29)35-28-21-11-4-12-22-28)33-34(26-17-7-2-8-18-26)27-19-9-3-10-20-27/h1-2,4-9,11-24H,3,10H2,(H,32,33). The van der Waals surface area contributed by atoms with Gasteiger partial charge in [-0.15, -0.1) is 0 Å². The van der Waals surface area contributed by atoms with E-state index in [4.69, 9.17) is 4.99 Å². The number of nitrogens with one attached hydrogen (secondary N) is 1. The van der Waals surface area contributed by atoms with E-state index < -0.39 is 8.07 Å². The molecule has 0 heterocycles. The highest BCUT2D eigenvalue weighted by molar-refractivity contribution is 7.99. The van der Waals surface area contributed by atoms with Crippen LogP contribution in [0.15, 0.2) is 154 Å². The summed E-state index contributed by atoms with van der Waals surface area (Å²) in [7, 11) is -0.804. The highest BCUT2D eigenvalue weighted by atomic mass is 32.2. The van der Waals surface area contributed by atoms with Gasteiger partial charge < -0.3 is 5.09 Å². The van der Waals surface area contributed by atoms with Crippen LogP contribution in [-0.4, -0.2) is 5.84 Å². The molecule has 1 aliphatic rings. The molecule has 0 radical (unpaired) electrons. The molecular weight excluding hydrogens is 463 g/mol. The van der Waals surface area contributed by atoms with Crippen LogP contribution in [-0.2, 0) is 0 Å². The molecule has 1 N–H and O–H groups in total. The molecular formula is C31H27N2PS. The first-order chi connectivity index (χ1) is 17.4. The molecule has 1 aliphatic carbocycles. The van der Waals surface area contributed by atoms with Crippen LogP contribution in [0, 0.1) is 0 Å². The molecule has 4 aromatic carbocycles. The zero-order chi connectivity index (χ0) is 23.7. The second-order valence-corrected chi connectivity index (χ2v) is 11.1. The lowest BCUT2D eigenvalue weighted by Crippen LogP contribution is -2.24. The van der Waals surface area contributed by atoms with Crippen molar-refractivity contribution in [2.45, 2.75) is 22.6 Å². The highest BCUT2D eigenvalue weighted by Gasteiger charge is 2.19. The summed E-state index contributed by atoms with van der Waals surface area (Å²) < 4.78 is 0. The maximum absolute atomic E-state index is 5.23. The molecule has 1 atom stereocenters. The average Bonchev–Trinajstić information content (AvgIpc) is 2.94. The smallest absolute Gasteiger partial charge is 0.137 e. The SMILES string of the molecule is C1=CC(P(NC(=Nc2ccccc2Sc2ccccc2)c2ccccc2)c2ccccc2)=CCC1. The molecule has 0 spiro atoms. The first kappa shape index (κ1) is 23.4. The highest BCUT2D eigenvalue weighted by Crippen LogP contribution is 2.43. The summed E-state index contributed by atoms with van der Waals surface area (Å²) in [6.07, 6.45) is 9.10. The van der Waals surface area contributed by atoms with Crippen molar-refractivity contribution in [3.8, 4) is 0 Å². The zero-order valence-electron chi connectivity index (χ0n) is 19.4. The Bertz CT molecular complexity index is 1330. The number of para-hydroxylation sites is 1. The van der Waals surface area contributed by atoms with E-state index in [9.17, 15) is 0 Å². The van der Waals surface area contributed by atoms with Crippen molar-refractivity contribution in [2.75, 3.05) is 0 Å². The molecule has 35 heavy (non-hydrogen) atoms. The van der Waals surface area contributed by atoms with Crippen LogP contribution in [0.1, 0.15) is 18.4 Å². The van der Waals surface area contributed by atoms with Crippen LogP contribution in [0.25, 0.3) is 0 Å². The minimum Gasteiger partial charge on any atom is -0.341 e. The van der Waals surface area contributed by atoms with Gasteiger partial charge >= 0.3 is 0 Å². The van der Waals surface area contributed by atoms with Gasteiger partial charge in [0, 0.05) is 20.7 Å². The molecule has 172 valence electrons. The van der Waals surface area contributed by atoms with Crippen LogP contribution in [0.4, 0.5) is 5.69 Å². The molecule has 4 heteroatoms. The molecule has 0 bridgehead atoms. The van der Waals surface area contributed by atoms with Crippen molar-refractivity contribution in [2.24, 2.45) is 4.99 Å². The van der Waals surface area contributed by atoms with Crippen LogP contribution in [0.5, 0.6) is 0 Å². The van der Waals surface area contributed by atoms with Crippen LogP contribution >= 0.6 is 19.8 Å². The Labute approximate surface area is 213 Å². The summed E-state index contributed by atoms with van der Waals surface area (Å²) in [5.74, 6) is 0.890. The largest absolute Gasteiger partial charge is 0.341 e. The van der Waals surface area contributed by atoms with E-state index in [1.807, 2.05) is 12.1 Å². The molecule has 0 fully saturated rings. The number of benzene rings is 4. The summed E-state index contributed by atoms with van der Waals surface area (Å²) in [5.41, 5.74) is 2.04. The second-order valence-electron chi connectivity index (χ2n) is 8.10. The Morgan fingerprint density at radius 2 is 1.37 bits per heavy atom. The number of hydrogen-bond donors (Lipinski definition) is 1. The number of hydrogen-bond acceptors (Lipinski definition) is 2. The number of rotatable bonds is 7. The van der Waals surface area contributed by atoms with Crippen LogP contribution in [0.3, 0.4) is 0 Å². The fraction of sp³-hybridized carbons (Fsp3) is 0.0645. The third kappa shape index (κ3) is 6.19. The van der Waals surface area contributed by atoms with Gasteiger partial charge in [-0.05, 0) is 42.4 Å². The Hall–Kier alpha value is -3.39. The van der Waals surface area contributed by atoms with E-state index in [0.717, 1.165) is 34.8 Å². The van der Waals surface area contributed by atoms with Gasteiger partial charge in [0.15, 0.2) is 0 Å². The minimum atomic E-state index is -0.804. The van der Waals surface area contributed by atoms with Gasteiger partial charge in [-0.25, -0.2) is 4.99 Å². The third-order valence-electron chi connectivity index (χ3n) is 5.58. The van der Waals surface area contributed by atoms with Gasteiger partial charge in [-0.2, -0.15) is 0 Å². The van der Waals surface area contributed by atoms with Crippen LogP contribution < -0.4 is 10.4 Å². The summed E-state index contributed by atoms with van der Waals surface area (Å²) >= 11 is 1.74. The fourth-order valence-electron chi connectivity index (χ4n) is 3.85. The van der Waals surface area contributed by atoms with Crippen molar-refractivity contribution in [3.05, 3.63) is 144 Å². The molecule has 4 aromatic rings. The topological polar surface area (TPSA) is 24.4 Å². The van der Waals surface area contributed by atoms with Gasteiger partial charge in [0.2, 0.25) is 0 Å². The molecule has 5 rings (SSSR count). The molecule has 0 amide bonds. The third-order valence-corrected chi connectivity index (χ3v) is 8.75. The molecule has 0 saturated heterocycles. The number of amidine groups is 1. The summed E-state index contributed by atoms with van der Waals surface area (Å²) in [6.45, 7) is 0. The maximum atomic E-state index is 5.23. The van der Waals surface area contributed by atoms with Gasteiger partial charge in [-0.3, -0.25) is 0 Å². The predicted molar refractivity (Wildman–Crippen MR) is 152 cm³/mol. The summed E-state index contributed by atoms with van der Waals surface area (Å²) in [6, 6.07) is 40.0. The first-order valence-corrected chi connectivity index (χ1v) is 14.0. The van der Waals surface area contributed by atoms with Gasteiger partial charge in [-0.1, -0.05) is 121 Å². The Morgan fingerprint density at radius 1 is 0.714 bits per heavy atom. The van der Waals surface area contributed by atoms with Crippen molar-refractivity contribution >= 4 is 36.7 Å². The predicted octanol–water partition coefficient (Wildman–Crippen LogP) is 8.46. The van der Waals surface area contributed by atoms with Crippen molar-refractivity contribution in [3.63, 3.8) is 0 Å². The Balaban J connectivity index is 1.56. The van der Waals surface area contributed by atoms with Crippen molar-refractivity contribution in [1.29, 1.82) is 0 Å². The molecule has 0 aromatic heterocycles. The lowest BCUT2D eigenvalue weighted by atomic mass is 10.2. The van der Waals surface area contributed by atoms with Gasteiger partial charge in [0.1, 0.15) is 5.84 Å². The Morgan fingerprint density at radius 3 is 2.09 bits per heavy atom. The van der Waals surface area contributed by atoms with Gasteiger partial charge in [0.25, 0.3) is 0 Å². The average molecular weight is 491 g/mol. The van der Waals surface area contributed by atoms with Crippen molar-refractivity contribution < 1.29 is 0 Å². The molecule has 0 saturated carbocycles. The van der Waals surface area contributed by atoms with E-state index in [1.165, 1.54) is 15.5 Å². The fourth-order valence-corrected chi connectivity index (χ4v) is 6.74. The summed E-state index contributed by atoms with van der Waals surface area (Å²) in [5, 5.41) is 6.51. The van der Waals surface area contributed by atoms with E-state index in [0.29, 0.717) is 0 Å². The number of nitrogens with zero attached hydrogens (tertiary/aromatic N) is 1. The second kappa shape index (κ2) is 11.8. The van der Waals surface area contributed by atoms with E-state index in [1.54, 1.807) is 11.8 Å². The summed E-state index contributed by atoms with van der Waals surface area (Å²) in [4.78, 5) is 7.57. The molecule has 0 aliphatic heterocycles. The van der Waals surface area contributed by atoms with Gasteiger partial charge in [0.05, 0.1) is 13.8 Å². The van der Waals surface area contributed by atoms with E-state index in [-0.39, 0.29) is 0 Å². The minimum absolute atomic E-state index is 0.804. The number of aliphatic imine (C=N–C) groups is 1. The quantitative estimate of drug-likeness (QED) is 0.160. The maximum Gasteiger partial charge on any atom is 0.137 e. The Kier molecular flexibility index (Phi) is 7.90. The monoisotopic (exact) mass is 490 g/mol. The first-order valence-electron chi connectivity index (χ1n) is 11.8. The lowest BCUT2D eigenvalue weighted by molar-refractivity contribution is 1.03. The van der Waals surface area contributed by atoms with Crippen molar-refractivity contribution in [1.82, 2.24) is 5.09 Å². The lowest BCUT2D eigenvalue weighted by Gasteiger charge is -2.24. The molecule has 1 unspecified atom stereocenters.